The van der Waals surface area contributed by atoms with Crippen molar-refractivity contribution in [3.8, 4) is 5.75 Å². The van der Waals surface area contributed by atoms with Gasteiger partial charge in [-0.2, -0.15) is 0 Å². The van der Waals surface area contributed by atoms with E-state index in [2.05, 4.69) is 5.32 Å². The van der Waals surface area contributed by atoms with Crippen LogP contribution in [0.2, 0.25) is 0 Å². The molecule has 2 rings (SSSR count). The number of amides is 2. The van der Waals surface area contributed by atoms with Crippen LogP contribution in [0.25, 0.3) is 0 Å². The second kappa shape index (κ2) is 12.2. The fourth-order valence-electron chi connectivity index (χ4n) is 3.45. The van der Waals surface area contributed by atoms with Gasteiger partial charge in [0.2, 0.25) is 21.8 Å². The Bertz CT molecular complexity index is 1010. The summed E-state index contributed by atoms with van der Waals surface area (Å²) >= 11 is 0. The second-order valence-electron chi connectivity index (χ2n) is 7.66. The largest absolute Gasteiger partial charge is 0.494 e. The van der Waals surface area contributed by atoms with Gasteiger partial charge in [-0.1, -0.05) is 30.3 Å². The highest BCUT2D eigenvalue weighted by Crippen LogP contribution is 2.22. The minimum Gasteiger partial charge on any atom is -0.494 e. The van der Waals surface area contributed by atoms with E-state index in [1.165, 1.54) is 16.3 Å². The molecule has 0 saturated carbocycles. The van der Waals surface area contributed by atoms with E-state index in [4.69, 9.17) is 4.74 Å². The summed E-state index contributed by atoms with van der Waals surface area (Å²) in [5.41, 5.74) is 1.42. The summed E-state index contributed by atoms with van der Waals surface area (Å²) in [5, 5.41) is 2.58. The third-order valence-corrected chi connectivity index (χ3v) is 6.39. The van der Waals surface area contributed by atoms with Crippen molar-refractivity contribution in [2.45, 2.75) is 39.3 Å². The van der Waals surface area contributed by atoms with E-state index < -0.39 is 16.1 Å². The Hall–Kier alpha value is -3.07. The van der Waals surface area contributed by atoms with Crippen LogP contribution < -0.4 is 14.4 Å². The van der Waals surface area contributed by atoms with Crippen LogP contribution in [0.5, 0.6) is 5.75 Å². The van der Waals surface area contributed by atoms with Gasteiger partial charge in [0.05, 0.1) is 18.6 Å². The molecule has 2 amide bonds. The zero-order valence-corrected chi connectivity index (χ0v) is 20.5. The first-order chi connectivity index (χ1) is 15.7. The number of hydrogen-bond acceptors (Lipinski definition) is 5. The monoisotopic (exact) mass is 475 g/mol. The molecule has 0 aliphatic rings. The first-order valence-corrected chi connectivity index (χ1v) is 12.8. The molecule has 1 atom stereocenters. The molecule has 2 aromatic rings. The van der Waals surface area contributed by atoms with Gasteiger partial charge in [-0.3, -0.25) is 13.9 Å². The number of sulfonamides is 1. The standard InChI is InChI=1S/C24H33N3O5S/c1-5-32-22-15-13-21(14-16-22)27(33(4,30)31)17-9-12-23(28)26(19(2)24(29)25-3)18-20-10-7-6-8-11-20/h6-8,10-11,13-16,19H,5,9,12,17-18H2,1-4H3,(H,25,29)/t19-/m0/s1. The molecular formula is C24H33N3O5S. The Kier molecular flexibility index (Phi) is 9.72. The Morgan fingerprint density at radius 3 is 2.24 bits per heavy atom. The number of rotatable bonds is 12. The minimum absolute atomic E-state index is 0.108. The van der Waals surface area contributed by atoms with E-state index in [0.717, 1.165) is 11.8 Å². The molecule has 0 saturated heterocycles. The van der Waals surface area contributed by atoms with Gasteiger partial charge in [0, 0.05) is 26.6 Å². The van der Waals surface area contributed by atoms with Crippen LogP contribution in [0.4, 0.5) is 5.69 Å². The lowest BCUT2D eigenvalue weighted by atomic mass is 10.1. The third kappa shape index (κ3) is 7.78. The fraction of sp³-hybridized carbons (Fsp3) is 0.417. The van der Waals surface area contributed by atoms with E-state index >= 15 is 0 Å². The predicted octanol–water partition coefficient (Wildman–Crippen LogP) is 2.79. The molecule has 0 fully saturated rings. The maximum Gasteiger partial charge on any atom is 0.242 e. The molecule has 0 spiro atoms. The van der Waals surface area contributed by atoms with Crippen molar-refractivity contribution in [3.05, 3.63) is 60.2 Å². The van der Waals surface area contributed by atoms with Crippen LogP contribution in [-0.2, 0) is 26.2 Å². The molecule has 0 aliphatic heterocycles. The number of hydrogen-bond donors (Lipinski definition) is 1. The van der Waals surface area contributed by atoms with Gasteiger partial charge in [-0.25, -0.2) is 8.42 Å². The molecule has 0 heterocycles. The van der Waals surface area contributed by atoms with Crippen LogP contribution in [0, 0.1) is 0 Å². The maximum absolute atomic E-state index is 13.1. The predicted molar refractivity (Wildman–Crippen MR) is 130 cm³/mol. The van der Waals surface area contributed by atoms with Crippen molar-refractivity contribution in [1.82, 2.24) is 10.2 Å². The molecule has 0 unspecified atom stereocenters. The number of benzene rings is 2. The third-order valence-electron chi connectivity index (χ3n) is 5.20. The molecule has 0 bridgehead atoms. The molecular weight excluding hydrogens is 442 g/mol. The number of nitrogens with zero attached hydrogens (tertiary/aromatic N) is 2. The number of likely N-dealkylation sites (N-methyl/N-ethyl adjacent to an activating group) is 1. The molecule has 33 heavy (non-hydrogen) atoms. The lowest BCUT2D eigenvalue weighted by Gasteiger charge is -2.29. The zero-order valence-electron chi connectivity index (χ0n) is 19.7. The summed E-state index contributed by atoms with van der Waals surface area (Å²) in [6.07, 6.45) is 1.56. The van der Waals surface area contributed by atoms with Crippen molar-refractivity contribution in [1.29, 1.82) is 0 Å². The molecule has 1 N–H and O–H groups in total. The molecule has 0 aromatic heterocycles. The topological polar surface area (TPSA) is 96.0 Å². The molecule has 2 aromatic carbocycles. The van der Waals surface area contributed by atoms with Crippen LogP contribution >= 0.6 is 0 Å². The van der Waals surface area contributed by atoms with Crippen molar-refractivity contribution in [2.75, 3.05) is 30.8 Å². The van der Waals surface area contributed by atoms with Crippen LogP contribution in [0.15, 0.2) is 54.6 Å². The summed E-state index contributed by atoms with van der Waals surface area (Å²) < 4.78 is 31.4. The summed E-state index contributed by atoms with van der Waals surface area (Å²) in [7, 11) is -2.01. The first kappa shape index (κ1) is 26.2. The highest BCUT2D eigenvalue weighted by Gasteiger charge is 2.26. The Balaban J connectivity index is 2.10. The van der Waals surface area contributed by atoms with E-state index in [1.807, 2.05) is 37.3 Å². The Morgan fingerprint density at radius 1 is 1.06 bits per heavy atom. The highest BCUT2D eigenvalue weighted by atomic mass is 32.2. The lowest BCUT2D eigenvalue weighted by molar-refractivity contribution is -0.140. The van der Waals surface area contributed by atoms with Crippen LogP contribution in [0.1, 0.15) is 32.3 Å². The number of nitrogens with one attached hydrogen (secondary N) is 1. The van der Waals surface area contributed by atoms with Gasteiger partial charge < -0.3 is 15.0 Å². The molecule has 0 radical (unpaired) electrons. The maximum atomic E-state index is 13.1. The zero-order chi connectivity index (χ0) is 24.4. The number of carbonyl (C=O) groups excluding carboxylic acids is 2. The molecule has 8 nitrogen and oxygen atoms in total. The van der Waals surface area contributed by atoms with Crippen molar-refractivity contribution in [2.24, 2.45) is 0 Å². The summed E-state index contributed by atoms with van der Waals surface area (Å²) in [6, 6.07) is 15.6. The van der Waals surface area contributed by atoms with Gasteiger partial charge in [-0.15, -0.1) is 0 Å². The van der Waals surface area contributed by atoms with Crippen molar-refractivity contribution in [3.63, 3.8) is 0 Å². The Morgan fingerprint density at radius 2 is 1.70 bits per heavy atom. The first-order valence-electron chi connectivity index (χ1n) is 10.9. The summed E-state index contributed by atoms with van der Waals surface area (Å²) in [4.78, 5) is 26.8. The van der Waals surface area contributed by atoms with Crippen LogP contribution in [0.3, 0.4) is 0 Å². The van der Waals surface area contributed by atoms with E-state index in [9.17, 15) is 18.0 Å². The number of anilines is 1. The molecule has 180 valence electrons. The van der Waals surface area contributed by atoms with E-state index in [1.54, 1.807) is 31.2 Å². The van der Waals surface area contributed by atoms with Crippen molar-refractivity contribution >= 4 is 27.5 Å². The quantitative estimate of drug-likeness (QED) is 0.509. The van der Waals surface area contributed by atoms with Crippen molar-refractivity contribution < 1.29 is 22.7 Å². The molecule has 0 aliphatic carbocycles. The fourth-order valence-corrected chi connectivity index (χ4v) is 4.42. The number of ether oxygens (including phenoxy) is 1. The smallest absolute Gasteiger partial charge is 0.242 e. The Labute approximate surface area is 196 Å². The van der Waals surface area contributed by atoms with Gasteiger partial charge >= 0.3 is 0 Å². The van der Waals surface area contributed by atoms with E-state index in [0.29, 0.717) is 31.0 Å². The van der Waals surface area contributed by atoms with Gasteiger partial charge in [0.15, 0.2) is 0 Å². The SMILES string of the molecule is CCOc1ccc(N(CCCC(=O)N(Cc2ccccc2)[C@@H](C)C(=O)NC)S(C)(=O)=O)cc1. The number of carbonyl (C=O) groups is 2. The van der Waals surface area contributed by atoms with Gasteiger partial charge in [0.25, 0.3) is 0 Å². The average molecular weight is 476 g/mol. The second-order valence-corrected chi connectivity index (χ2v) is 9.57. The van der Waals surface area contributed by atoms with Crippen LogP contribution in [-0.4, -0.2) is 57.6 Å². The molecule has 9 heteroatoms. The van der Waals surface area contributed by atoms with Gasteiger partial charge in [0.1, 0.15) is 11.8 Å². The lowest BCUT2D eigenvalue weighted by Crippen LogP contribution is -2.46. The minimum atomic E-state index is -3.54. The normalized spacial score (nSPS) is 12.0. The van der Waals surface area contributed by atoms with Gasteiger partial charge in [-0.05, 0) is 50.1 Å². The summed E-state index contributed by atoms with van der Waals surface area (Å²) in [6.45, 7) is 4.52. The highest BCUT2D eigenvalue weighted by molar-refractivity contribution is 7.92. The van der Waals surface area contributed by atoms with E-state index in [-0.39, 0.29) is 24.8 Å². The average Bonchev–Trinajstić information content (AvgIpc) is 2.80. The summed E-state index contributed by atoms with van der Waals surface area (Å²) in [5.74, 6) is 0.186.